The van der Waals surface area contributed by atoms with Crippen LogP contribution >= 0.6 is 0 Å². The predicted molar refractivity (Wildman–Crippen MR) is 81.6 cm³/mol. The summed E-state index contributed by atoms with van der Waals surface area (Å²) in [5.74, 6) is -2.03. The zero-order valence-electron chi connectivity index (χ0n) is 11.8. The molecule has 5 N–H and O–H groups in total. The number of nitrogens with two attached hydrogens (primary N) is 1. The van der Waals surface area contributed by atoms with Crippen molar-refractivity contribution < 1.29 is 19.8 Å². The van der Waals surface area contributed by atoms with E-state index in [0.717, 1.165) is 0 Å². The second-order valence-electron chi connectivity index (χ2n) is 4.98. The lowest BCUT2D eigenvalue weighted by Gasteiger charge is -2.22. The molecule has 7 nitrogen and oxygen atoms in total. The van der Waals surface area contributed by atoms with Crippen LogP contribution in [-0.4, -0.2) is 28.3 Å². The minimum absolute atomic E-state index is 0.0385. The molecule has 0 aromatic heterocycles. The summed E-state index contributed by atoms with van der Waals surface area (Å²) in [6, 6.07) is 7.07. The minimum Gasteiger partial charge on any atom is -0.507 e. The van der Waals surface area contributed by atoms with Gasteiger partial charge in [0.1, 0.15) is 18.0 Å². The molecule has 0 saturated carbocycles. The highest BCUT2D eigenvalue weighted by atomic mass is 16.3. The van der Waals surface area contributed by atoms with Crippen LogP contribution in [0, 0.1) is 11.3 Å². The molecule has 0 spiro atoms. The van der Waals surface area contributed by atoms with Gasteiger partial charge in [0.25, 0.3) is 0 Å². The molecule has 0 fully saturated rings. The summed E-state index contributed by atoms with van der Waals surface area (Å²) in [6.45, 7) is -0.0888. The second kappa shape index (κ2) is 5.03. The number of anilines is 2. The molecule has 23 heavy (non-hydrogen) atoms. The Morgan fingerprint density at radius 3 is 2.17 bits per heavy atom. The Morgan fingerprint density at radius 2 is 1.52 bits per heavy atom. The molecule has 0 heterocycles. The lowest BCUT2D eigenvalue weighted by atomic mass is 9.81. The van der Waals surface area contributed by atoms with E-state index in [1.165, 1.54) is 24.3 Å². The minimum atomic E-state index is -0.652. The van der Waals surface area contributed by atoms with Crippen molar-refractivity contribution in [2.24, 2.45) is 0 Å². The van der Waals surface area contributed by atoms with Gasteiger partial charge in [-0.3, -0.25) is 9.59 Å². The van der Waals surface area contributed by atoms with E-state index in [-0.39, 0.29) is 51.7 Å². The Hall–Kier alpha value is -3.53. The fraction of sp³-hybridized carbons (Fsp3) is 0.0625. The number of phenolic OH excluding ortho intramolecular Hbond substituents is 2. The smallest absolute Gasteiger partial charge is 0.200 e. The second-order valence-corrected chi connectivity index (χ2v) is 4.98. The number of benzene rings is 2. The molecule has 2 aromatic carbocycles. The van der Waals surface area contributed by atoms with Gasteiger partial charge in [-0.25, -0.2) is 0 Å². The van der Waals surface area contributed by atoms with E-state index in [2.05, 4.69) is 5.32 Å². The summed E-state index contributed by atoms with van der Waals surface area (Å²) in [5.41, 5.74) is 5.42. The number of ketones is 2. The summed E-state index contributed by atoms with van der Waals surface area (Å²) >= 11 is 0. The molecule has 2 aromatic rings. The van der Waals surface area contributed by atoms with Gasteiger partial charge in [-0.2, -0.15) is 5.26 Å². The number of nitrogens with zero attached hydrogens (tertiary/aromatic N) is 1. The first kappa shape index (κ1) is 14.4. The van der Waals surface area contributed by atoms with Crippen LogP contribution in [0.3, 0.4) is 0 Å². The van der Waals surface area contributed by atoms with E-state index >= 15 is 0 Å². The van der Waals surface area contributed by atoms with Gasteiger partial charge in [-0.15, -0.1) is 0 Å². The summed E-state index contributed by atoms with van der Waals surface area (Å²) in [4.78, 5) is 25.4. The lowest BCUT2D eigenvalue weighted by Crippen LogP contribution is -2.24. The maximum absolute atomic E-state index is 12.8. The van der Waals surface area contributed by atoms with Gasteiger partial charge in [0.15, 0.2) is 0 Å². The Morgan fingerprint density at radius 1 is 0.957 bits per heavy atom. The number of carbonyl (C=O) groups excluding carboxylic acids is 2. The molecule has 0 amide bonds. The summed E-state index contributed by atoms with van der Waals surface area (Å²) in [6.07, 6.45) is 0. The predicted octanol–water partition coefficient (Wildman–Crippen LogP) is 1.39. The van der Waals surface area contributed by atoms with Crippen molar-refractivity contribution in [3.8, 4) is 17.6 Å². The van der Waals surface area contributed by atoms with Crippen LogP contribution in [-0.2, 0) is 0 Å². The zero-order valence-corrected chi connectivity index (χ0v) is 11.8. The van der Waals surface area contributed by atoms with Crippen molar-refractivity contribution in [3.63, 3.8) is 0 Å². The molecule has 0 atom stereocenters. The van der Waals surface area contributed by atoms with Crippen LogP contribution in [0.5, 0.6) is 11.5 Å². The number of rotatable bonds is 2. The average Bonchev–Trinajstić information content (AvgIpc) is 2.53. The standard InChI is InChI=1S/C16H11N3O4/c17-5-6-19-8-2-4-10(21)14-12(8)16(23)13-9(20)3-1-7(18)11(13)15(14)22/h1-4,19-21H,6,18H2. The van der Waals surface area contributed by atoms with Crippen molar-refractivity contribution in [2.75, 3.05) is 17.6 Å². The number of nitriles is 1. The molecule has 0 saturated heterocycles. The first-order valence-corrected chi connectivity index (χ1v) is 6.65. The van der Waals surface area contributed by atoms with Crippen molar-refractivity contribution in [1.82, 2.24) is 0 Å². The molecule has 0 bridgehead atoms. The number of aromatic hydroxyl groups is 2. The highest BCUT2D eigenvalue weighted by molar-refractivity contribution is 6.33. The van der Waals surface area contributed by atoms with Crippen molar-refractivity contribution in [1.29, 1.82) is 5.26 Å². The van der Waals surface area contributed by atoms with Gasteiger partial charge < -0.3 is 21.3 Å². The number of carbonyl (C=O) groups is 2. The third kappa shape index (κ3) is 1.97. The van der Waals surface area contributed by atoms with Crippen LogP contribution in [0.1, 0.15) is 31.8 Å². The van der Waals surface area contributed by atoms with Crippen LogP contribution in [0.4, 0.5) is 11.4 Å². The van der Waals surface area contributed by atoms with Crippen LogP contribution in [0.2, 0.25) is 0 Å². The number of nitrogen functional groups attached to an aromatic ring is 1. The average molecular weight is 309 g/mol. The Labute approximate surface area is 130 Å². The van der Waals surface area contributed by atoms with Crippen molar-refractivity contribution in [2.45, 2.75) is 0 Å². The van der Waals surface area contributed by atoms with Crippen LogP contribution in [0.25, 0.3) is 0 Å². The summed E-state index contributed by atoms with van der Waals surface area (Å²) in [7, 11) is 0. The number of nitrogens with one attached hydrogen (secondary N) is 1. The van der Waals surface area contributed by atoms with Crippen LogP contribution < -0.4 is 11.1 Å². The largest absolute Gasteiger partial charge is 0.507 e. The molecule has 1 aliphatic rings. The Balaban J connectivity index is 2.33. The third-order valence-electron chi connectivity index (χ3n) is 3.67. The number of phenols is 2. The van der Waals surface area contributed by atoms with E-state index in [1.807, 2.05) is 6.07 Å². The molecule has 3 rings (SSSR count). The van der Waals surface area contributed by atoms with Crippen molar-refractivity contribution in [3.05, 3.63) is 46.5 Å². The Bertz CT molecular complexity index is 913. The number of fused-ring (bicyclic) bond motifs is 2. The zero-order chi connectivity index (χ0) is 16.7. The summed E-state index contributed by atoms with van der Waals surface area (Å²) < 4.78 is 0. The lowest BCUT2D eigenvalue weighted by molar-refractivity contribution is 0.0975. The van der Waals surface area contributed by atoms with Gasteiger partial charge in [-0.1, -0.05) is 0 Å². The first-order chi connectivity index (χ1) is 11.0. The van der Waals surface area contributed by atoms with Gasteiger partial charge in [0.05, 0.1) is 28.3 Å². The monoisotopic (exact) mass is 309 g/mol. The van der Waals surface area contributed by atoms with Gasteiger partial charge >= 0.3 is 0 Å². The highest BCUT2D eigenvalue weighted by Crippen LogP contribution is 2.41. The highest BCUT2D eigenvalue weighted by Gasteiger charge is 2.37. The van der Waals surface area contributed by atoms with Gasteiger partial charge in [-0.05, 0) is 24.3 Å². The van der Waals surface area contributed by atoms with E-state index < -0.39 is 11.6 Å². The molecule has 1 aliphatic carbocycles. The fourth-order valence-electron chi connectivity index (χ4n) is 2.67. The number of hydrogen-bond donors (Lipinski definition) is 4. The van der Waals surface area contributed by atoms with Crippen LogP contribution in [0.15, 0.2) is 24.3 Å². The van der Waals surface area contributed by atoms with E-state index in [1.54, 1.807) is 0 Å². The molecular formula is C16H11N3O4. The third-order valence-corrected chi connectivity index (χ3v) is 3.67. The van der Waals surface area contributed by atoms with E-state index in [0.29, 0.717) is 0 Å². The molecular weight excluding hydrogens is 298 g/mol. The maximum Gasteiger partial charge on any atom is 0.200 e. The molecule has 0 aliphatic heterocycles. The SMILES string of the molecule is N#CCNc1ccc(O)c2c1C(=O)c1c(O)ccc(N)c1C2=O. The van der Waals surface area contributed by atoms with E-state index in [9.17, 15) is 19.8 Å². The van der Waals surface area contributed by atoms with Gasteiger partial charge in [0, 0.05) is 11.4 Å². The quantitative estimate of drug-likeness (QED) is 0.319. The van der Waals surface area contributed by atoms with E-state index in [4.69, 9.17) is 11.0 Å². The first-order valence-electron chi connectivity index (χ1n) is 6.65. The maximum atomic E-state index is 12.8. The molecule has 114 valence electrons. The topological polar surface area (TPSA) is 136 Å². The Kier molecular flexibility index (Phi) is 3.15. The normalized spacial score (nSPS) is 12.3. The van der Waals surface area contributed by atoms with Crippen molar-refractivity contribution >= 4 is 22.9 Å². The molecule has 7 heteroatoms. The van der Waals surface area contributed by atoms with Gasteiger partial charge in [0.2, 0.25) is 11.6 Å². The molecule has 0 radical (unpaired) electrons. The fourth-order valence-corrected chi connectivity index (χ4v) is 2.67. The molecule has 0 unspecified atom stereocenters. The number of hydrogen-bond acceptors (Lipinski definition) is 7. The summed E-state index contributed by atoms with van der Waals surface area (Å²) in [5, 5.41) is 31.4.